The average molecular weight is 341 g/mol. The molecule has 1 aliphatic rings. The average Bonchev–Trinajstić information content (AvgIpc) is 3.19. The van der Waals surface area contributed by atoms with Crippen LogP contribution >= 0.6 is 0 Å². The molecule has 25 heavy (non-hydrogen) atoms. The number of H-pyrrole nitrogens is 1. The third-order valence-corrected chi connectivity index (χ3v) is 4.52. The molecule has 3 aromatic heterocycles. The van der Waals surface area contributed by atoms with E-state index in [1.807, 2.05) is 23.1 Å². The molecule has 3 aromatic rings. The summed E-state index contributed by atoms with van der Waals surface area (Å²) < 4.78 is 6.90. The molecular formula is C17H23N7O. The summed E-state index contributed by atoms with van der Waals surface area (Å²) in [6.45, 7) is 3.55. The number of aromatic amines is 1. The van der Waals surface area contributed by atoms with Gasteiger partial charge in [0.25, 0.3) is 0 Å². The number of anilines is 3. The van der Waals surface area contributed by atoms with Gasteiger partial charge in [-0.15, -0.1) is 0 Å². The third-order valence-electron chi connectivity index (χ3n) is 4.52. The van der Waals surface area contributed by atoms with Crippen LogP contribution in [0.15, 0.2) is 24.7 Å². The van der Waals surface area contributed by atoms with Gasteiger partial charge < -0.3 is 20.4 Å². The number of ether oxygens (including phenoxy) is 1. The van der Waals surface area contributed by atoms with Crippen molar-refractivity contribution >= 4 is 28.5 Å². The van der Waals surface area contributed by atoms with Gasteiger partial charge in [0.1, 0.15) is 11.5 Å². The Hall–Kier alpha value is -2.61. The van der Waals surface area contributed by atoms with Crippen LogP contribution in [0.2, 0.25) is 0 Å². The highest BCUT2D eigenvalue weighted by Crippen LogP contribution is 2.34. The number of rotatable bonds is 8. The molecule has 0 saturated heterocycles. The maximum Gasteiger partial charge on any atom is 0.231 e. The summed E-state index contributed by atoms with van der Waals surface area (Å²) >= 11 is 0. The van der Waals surface area contributed by atoms with Crippen molar-refractivity contribution in [1.82, 2.24) is 24.7 Å². The maximum absolute atomic E-state index is 5.07. The molecule has 0 bridgehead atoms. The fraction of sp³-hybridized carbons (Fsp3) is 0.471. The molecule has 3 heterocycles. The SMILES string of the molecule is COCCn1cc(Nc2nc(N[C@H](C)C3CC3)c3cc[nH]c3n2)cn1. The third kappa shape index (κ3) is 3.58. The van der Waals surface area contributed by atoms with Crippen LogP contribution in [-0.2, 0) is 11.3 Å². The molecule has 0 spiro atoms. The minimum absolute atomic E-state index is 0.414. The minimum Gasteiger partial charge on any atom is -0.383 e. The van der Waals surface area contributed by atoms with Gasteiger partial charge in [-0.1, -0.05) is 0 Å². The van der Waals surface area contributed by atoms with E-state index in [0.29, 0.717) is 25.1 Å². The standard InChI is InChI=1S/C17H23N7O/c1-11(12-3-4-12)20-16-14-5-6-18-15(14)22-17(23-16)21-13-9-19-24(10-13)7-8-25-2/h5-6,9-12H,3-4,7-8H2,1-2H3,(H3,18,20,21,22,23)/t11-/m1/s1. The van der Waals surface area contributed by atoms with Crippen molar-refractivity contribution in [2.45, 2.75) is 32.4 Å². The Morgan fingerprint density at radius 3 is 3.08 bits per heavy atom. The van der Waals surface area contributed by atoms with Gasteiger partial charge in [0.15, 0.2) is 0 Å². The van der Waals surface area contributed by atoms with Crippen LogP contribution in [0.3, 0.4) is 0 Å². The van der Waals surface area contributed by atoms with Crippen LogP contribution in [0.1, 0.15) is 19.8 Å². The topological polar surface area (TPSA) is 92.7 Å². The molecule has 4 rings (SSSR count). The highest BCUT2D eigenvalue weighted by Gasteiger charge is 2.28. The fourth-order valence-electron chi connectivity index (χ4n) is 2.90. The number of nitrogens with one attached hydrogen (secondary N) is 3. The van der Waals surface area contributed by atoms with E-state index in [1.54, 1.807) is 13.3 Å². The number of hydrogen-bond donors (Lipinski definition) is 3. The van der Waals surface area contributed by atoms with E-state index >= 15 is 0 Å². The second-order valence-electron chi connectivity index (χ2n) is 6.52. The number of fused-ring (bicyclic) bond motifs is 1. The van der Waals surface area contributed by atoms with Crippen molar-refractivity contribution in [2.24, 2.45) is 5.92 Å². The van der Waals surface area contributed by atoms with Gasteiger partial charge in [-0.3, -0.25) is 4.68 Å². The lowest BCUT2D eigenvalue weighted by atomic mass is 10.2. The molecule has 8 heteroatoms. The second-order valence-corrected chi connectivity index (χ2v) is 6.52. The summed E-state index contributed by atoms with van der Waals surface area (Å²) in [5.74, 6) is 2.16. The van der Waals surface area contributed by atoms with Gasteiger partial charge in [0.2, 0.25) is 5.95 Å². The van der Waals surface area contributed by atoms with Gasteiger partial charge >= 0.3 is 0 Å². The predicted octanol–water partition coefficient (Wildman–Crippen LogP) is 2.75. The van der Waals surface area contributed by atoms with Crippen LogP contribution in [-0.4, -0.2) is 44.5 Å². The summed E-state index contributed by atoms with van der Waals surface area (Å²) in [6, 6.07) is 2.42. The van der Waals surface area contributed by atoms with Crippen molar-refractivity contribution in [3.05, 3.63) is 24.7 Å². The number of hydrogen-bond acceptors (Lipinski definition) is 6. The van der Waals surface area contributed by atoms with Gasteiger partial charge in [0.05, 0.1) is 30.4 Å². The Kier molecular flexibility index (Phi) is 4.27. The fourth-order valence-corrected chi connectivity index (χ4v) is 2.90. The molecule has 132 valence electrons. The molecule has 8 nitrogen and oxygen atoms in total. The summed E-state index contributed by atoms with van der Waals surface area (Å²) in [5, 5.41) is 12.1. The van der Waals surface area contributed by atoms with Gasteiger partial charge in [-0.25, -0.2) is 0 Å². The van der Waals surface area contributed by atoms with Gasteiger partial charge in [0, 0.05) is 25.5 Å². The Balaban J connectivity index is 1.55. The summed E-state index contributed by atoms with van der Waals surface area (Å²) in [7, 11) is 1.68. The quantitative estimate of drug-likeness (QED) is 0.583. The van der Waals surface area contributed by atoms with Crippen LogP contribution in [0.25, 0.3) is 11.0 Å². The van der Waals surface area contributed by atoms with Crippen LogP contribution in [0.5, 0.6) is 0 Å². The lowest BCUT2D eigenvalue weighted by Crippen LogP contribution is -2.18. The first-order chi connectivity index (χ1) is 12.2. The molecule has 0 amide bonds. The summed E-state index contributed by atoms with van der Waals surface area (Å²) in [4.78, 5) is 12.4. The summed E-state index contributed by atoms with van der Waals surface area (Å²) in [5.41, 5.74) is 1.66. The lowest BCUT2D eigenvalue weighted by molar-refractivity contribution is 0.183. The first-order valence-corrected chi connectivity index (χ1v) is 8.63. The zero-order chi connectivity index (χ0) is 17.2. The Morgan fingerprint density at radius 2 is 2.28 bits per heavy atom. The van der Waals surface area contributed by atoms with Crippen LogP contribution < -0.4 is 10.6 Å². The highest BCUT2D eigenvalue weighted by molar-refractivity contribution is 5.88. The molecule has 0 aromatic carbocycles. The lowest BCUT2D eigenvalue weighted by Gasteiger charge is -2.15. The molecule has 0 radical (unpaired) electrons. The Morgan fingerprint density at radius 1 is 1.40 bits per heavy atom. The first kappa shape index (κ1) is 15.9. The van der Waals surface area contributed by atoms with Gasteiger partial charge in [-0.2, -0.15) is 15.1 Å². The van der Waals surface area contributed by atoms with Crippen molar-refractivity contribution in [3.63, 3.8) is 0 Å². The monoisotopic (exact) mass is 341 g/mol. The smallest absolute Gasteiger partial charge is 0.231 e. The zero-order valence-corrected chi connectivity index (χ0v) is 14.5. The van der Waals surface area contributed by atoms with Crippen molar-refractivity contribution in [3.8, 4) is 0 Å². The van der Waals surface area contributed by atoms with E-state index < -0.39 is 0 Å². The van der Waals surface area contributed by atoms with E-state index in [9.17, 15) is 0 Å². The number of nitrogens with zero attached hydrogens (tertiary/aromatic N) is 4. The molecule has 3 N–H and O–H groups in total. The molecule has 1 fully saturated rings. The van der Waals surface area contributed by atoms with Crippen molar-refractivity contribution in [1.29, 1.82) is 0 Å². The highest BCUT2D eigenvalue weighted by atomic mass is 16.5. The van der Waals surface area contributed by atoms with E-state index in [0.717, 1.165) is 28.5 Å². The maximum atomic E-state index is 5.07. The van der Waals surface area contributed by atoms with Crippen molar-refractivity contribution < 1.29 is 4.74 Å². The minimum atomic E-state index is 0.414. The Bertz CT molecular complexity index is 852. The van der Waals surface area contributed by atoms with Crippen LogP contribution in [0.4, 0.5) is 17.5 Å². The summed E-state index contributed by atoms with van der Waals surface area (Å²) in [6.07, 6.45) is 8.15. The zero-order valence-electron chi connectivity index (χ0n) is 14.5. The van der Waals surface area contributed by atoms with E-state index in [2.05, 4.69) is 37.6 Å². The van der Waals surface area contributed by atoms with E-state index in [4.69, 9.17) is 4.74 Å². The molecular weight excluding hydrogens is 318 g/mol. The predicted molar refractivity (Wildman–Crippen MR) is 97.1 cm³/mol. The molecule has 0 aliphatic heterocycles. The molecule has 1 atom stereocenters. The molecule has 1 aliphatic carbocycles. The first-order valence-electron chi connectivity index (χ1n) is 8.63. The largest absolute Gasteiger partial charge is 0.383 e. The number of methoxy groups -OCH3 is 1. The number of aromatic nitrogens is 5. The molecule has 1 saturated carbocycles. The second kappa shape index (κ2) is 6.72. The van der Waals surface area contributed by atoms with E-state index in [1.165, 1.54) is 12.8 Å². The van der Waals surface area contributed by atoms with Crippen molar-refractivity contribution in [2.75, 3.05) is 24.4 Å². The molecule has 0 unspecified atom stereocenters. The van der Waals surface area contributed by atoms with E-state index in [-0.39, 0.29) is 0 Å². The normalized spacial score (nSPS) is 15.4. The Labute approximate surface area is 146 Å². The van der Waals surface area contributed by atoms with Gasteiger partial charge in [-0.05, 0) is 31.7 Å². The van der Waals surface area contributed by atoms with Crippen LogP contribution in [0, 0.1) is 5.92 Å².